The zero-order chi connectivity index (χ0) is 20.1. The first-order valence-electron chi connectivity index (χ1n) is 9.60. The van der Waals surface area contributed by atoms with Gasteiger partial charge in [-0.25, -0.2) is 4.98 Å². The van der Waals surface area contributed by atoms with E-state index in [0.29, 0.717) is 22.2 Å². The highest BCUT2D eigenvalue weighted by Crippen LogP contribution is 2.40. The lowest BCUT2D eigenvalue weighted by atomic mass is 10.1. The van der Waals surface area contributed by atoms with Crippen LogP contribution in [0.4, 0.5) is 5.69 Å². The average Bonchev–Trinajstić information content (AvgIpc) is 3.33. The van der Waals surface area contributed by atoms with Crippen molar-refractivity contribution in [1.82, 2.24) is 19.3 Å². The molecule has 0 saturated heterocycles. The fraction of sp³-hybridized carbons (Fsp3) is 0.227. The van der Waals surface area contributed by atoms with Crippen molar-refractivity contribution >= 4 is 34.2 Å². The molecular formula is C22H20ClN5O. The third-order valence-corrected chi connectivity index (χ3v) is 5.55. The smallest absolute Gasteiger partial charge is 0.256 e. The van der Waals surface area contributed by atoms with E-state index in [9.17, 15) is 4.79 Å². The summed E-state index contributed by atoms with van der Waals surface area (Å²) in [4.78, 5) is 18.1. The molecule has 0 spiro atoms. The van der Waals surface area contributed by atoms with E-state index in [1.54, 1.807) is 10.7 Å². The molecule has 0 radical (unpaired) electrons. The number of hydrogen-bond donors (Lipinski definition) is 1. The molecule has 1 aliphatic rings. The maximum atomic E-state index is 13.4. The first-order valence-corrected chi connectivity index (χ1v) is 9.97. The van der Waals surface area contributed by atoms with E-state index in [1.807, 2.05) is 61.3 Å². The molecule has 5 rings (SSSR count). The summed E-state index contributed by atoms with van der Waals surface area (Å²) in [6, 6.07) is 11.2. The molecule has 146 valence electrons. The van der Waals surface area contributed by atoms with Crippen molar-refractivity contribution in [3.05, 3.63) is 70.8 Å². The number of carbonyl (C=O) groups is 1. The van der Waals surface area contributed by atoms with E-state index in [1.165, 1.54) is 0 Å². The van der Waals surface area contributed by atoms with Gasteiger partial charge in [0.15, 0.2) is 5.65 Å². The maximum absolute atomic E-state index is 13.4. The second-order valence-corrected chi connectivity index (χ2v) is 7.92. The Balaban J connectivity index is 1.60. The molecule has 3 heterocycles. The van der Waals surface area contributed by atoms with Crippen molar-refractivity contribution in [3.8, 4) is 5.69 Å². The number of hydrogen-bond acceptors (Lipinski definition) is 3. The SMILES string of the molecule is Cc1nn(C)c2nc(C3CC3)cc(C(=O)Nc3ccc(Cl)cc3-n3cccc3)c12. The summed E-state index contributed by atoms with van der Waals surface area (Å²) in [7, 11) is 1.87. The minimum absolute atomic E-state index is 0.175. The quantitative estimate of drug-likeness (QED) is 0.527. The van der Waals surface area contributed by atoms with Gasteiger partial charge in [0.2, 0.25) is 0 Å². The Bertz CT molecular complexity index is 1240. The standard InChI is InChI=1S/C22H20ClN5O/c1-13-20-16(12-18(14-5-6-14)24-21(20)27(2)26-13)22(29)25-17-8-7-15(23)11-19(17)28-9-3-4-10-28/h3-4,7-12,14H,5-6H2,1-2H3,(H,25,29). The van der Waals surface area contributed by atoms with Crippen molar-refractivity contribution < 1.29 is 4.79 Å². The van der Waals surface area contributed by atoms with Crippen LogP contribution < -0.4 is 5.32 Å². The molecule has 1 amide bonds. The molecule has 0 bridgehead atoms. The number of anilines is 1. The van der Waals surface area contributed by atoms with E-state index < -0.39 is 0 Å². The van der Waals surface area contributed by atoms with Gasteiger partial charge in [0.05, 0.1) is 28.0 Å². The number of aromatic nitrogens is 4. The lowest BCUT2D eigenvalue weighted by Crippen LogP contribution is -2.15. The van der Waals surface area contributed by atoms with Crippen LogP contribution in [0.1, 0.15) is 40.5 Å². The predicted octanol–water partition coefficient (Wildman–Crippen LogP) is 4.85. The summed E-state index contributed by atoms with van der Waals surface area (Å²) in [6.45, 7) is 1.91. The number of rotatable bonds is 4. The largest absolute Gasteiger partial charge is 0.322 e. The van der Waals surface area contributed by atoms with Crippen LogP contribution in [-0.2, 0) is 7.05 Å². The monoisotopic (exact) mass is 405 g/mol. The number of benzene rings is 1. The van der Waals surface area contributed by atoms with Gasteiger partial charge in [0.1, 0.15) is 0 Å². The van der Waals surface area contributed by atoms with Gasteiger partial charge in [-0.05, 0) is 56.2 Å². The van der Waals surface area contributed by atoms with Crippen molar-refractivity contribution in [2.75, 3.05) is 5.32 Å². The summed E-state index contributed by atoms with van der Waals surface area (Å²) in [5.41, 5.74) is 4.62. The zero-order valence-corrected chi connectivity index (χ0v) is 16.9. The normalized spacial score (nSPS) is 13.8. The van der Waals surface area contributed by atoms with E-state index >= 15 is 0 Å². The zero-order valence-electron chi connectivity index (χ0n) is 16.2. The third kappa shape index (κ3) is 3.19. The molecule has 7 heteroatoms. The molecule has 1 N–H and O–H groups in total. The molecule has 29 heavy (non-hydrogen) atoms. The van der Waals surface area contributed by atoms with Crippen LogP contribution in [0, 0.1) is 6.92 Å². The minimum atomic E-state index is -0.175. The van der Waals surface area contributed by atoms with Crippen LogP contribution in [0.15, 0.2) is 48.8 Å². The Kier molecular flexibility index (Phi) is 4.17. The molecule has 0 unspecified atom stereocenters. The molecule has 3 aromatic heterocycles. The van der Waals surface area contributed by atoms with Crippen LogP contribution in [0.2, 0.25) is 5.02 Å². The second-order valence-electron chi connectivity index (χ2n) is 7.48. The Morgan fingerprint density at radius 2 is 1.97 bits per heavy atom. The highest BCUT2D eigenvalue weighted by Gasteiger charge is 2.28. The molecule has 1 aromatic carbocycles. The summed E-state index contributed by atoms with van der Waals surface area (Å²) in [6.07, 6.45) is 6.07. The maximum Gasteiger partial charge on any atom is 0.256 e. The number of pyridine rings is 1. The Morgan fingerprint density at radius 3 is 2.69 bits per heavy atom. The number of carbonyl (C=O) groups excluding carboxylic acids is 1. The number of halogens is 1. The first-order chi connectivity index (χ1) is 14.0. The van der Waals surface area contributed by atoms with Gasteiger partial charge in [0.25, 0.3) is 5.91 Å². The van der Waals surface area contributed by atoms with Crippen molar-refractivity contribution in [2.24, 2.45) is 7.05 Å². The van der Waals surface area contributed by atoms with Crippen LogP contribution in [0.5, 0.6) is 0 Å². The van der Waals surface area contributed by atoms with E-state index in [-0.39, 0.29) is 5.91 Å². The van der Waals surface area contributed by atoms with Gasteiger partial charge in [-0.3, -0.25) is 9.48 Å². The van der Waals surface area contributed by atoms with E-state index in [0.717, 1.165) is 41.0 Å². The average molecular weight is 406 g/mol. The molecule has 1 saturated carbocycles. The fourth-order valence-electron chi connectivity index (χ4n) is 3.74. The van der Waals surface area contributed by atoms with Gasteiger partial charge in [-0.15, -0.1) is 0 Å². The van der Waals surface area contributed by atoms with Crippen LogP contribution in [0.3, 0.4) is 0 Å². The van der Waals surface area contributed by atoms with Crippen LogP contribution in [0.25, 0.3) is 16.7 Å². The lowest BCUT2D eigenvalue weighted by molar-refractivity contribution is 0.102. The minimum Gasteiger partial charge on any atom is -0.322 e. The summed E-state index contributed by atoms with van der Waals surface area (Å²) in [5, 5.41) is 8.96. The summed E-state index contributed by atoms with van der Waals surface area (Å²) in [5.74, 6) is 0.262. The predicted molar refractivity (Wildman–Crippen MR) is 114 cm³/mol. The molecule has 6 nitrogen and oxygen atoms in total. The first kappa shape index (κ1) is 17.9. The molecule has 1 aliphatic carbocycles. The van der Waals surface area contributed by atoms with Crippen LogP contribution >= 0.6 is 11.6 Å². The van der Waals surface area contributed by atoms with Gasteiger partial charge in [0, 0.05) is 36.1 Å². The summed E-state index contributed by atoms with van der Waals surface area (Å²) < 4.78 is 3.68. The number of nitrogens with zero attached hydrogens (tertiary/aromatic N) is 4. The molecule has 4 aromatic rings. The van der Waals surface area contributed by atoms with Gasteiger partial charge in [-0.2, -0.15) is 5.10 Å². The molecule has 0 atom stereocenters. The number of nitrogens with one attached hydrogen (secondary N) is 1. The van der Waals surface area contributed by atoms with E-state index in [2.05, 4.69) is 10.4 Å². The topological polar surface area (TPSA) is 64.7 Å². The highest BCUT2D eigenvalue weighted by atomic mass is 35.5. The second kappa shape index (κ2) is 6.74. The fourth-order valence-corrected chi connectivity index (χ4v) is 3.91. The van der Waals surface area contributed by atoms with Gasteiger partial charge in [-0.1, -0.05) is 11.6 Å². The summed E-state index contributed by atoms with van der Waals surface area (Å²) >= 11 is 6.21. The van der Waals surface area contributed by atoms with Crippen molar-refractivity contribution in [1.29, 1.82) is 0 Å². The highest BCUT2D eigenvalue weighted by molar-refractivity contribution is 6.31. The Labute approximate surface area is 173 Å². The number of amides is 1. The van der Waals surface area contributed by atoms with Gasteiger partial charge >= 0.3 is 0 Å². The Morgan fingerprint density at radius 1 is 1.21 bits per heavy atom. The van der Waals surface area contributed by atoms with E-state index in [4.69, 9.17) is 16.6 Å². The van der Waals surface area contributed by atoms with Crippen LogP contribution in [-0.4, -0.2) is 25.2 Å². The molecular weight excluding hydrogens is 386 g/mol. The van der Waals surface area contributed by atoms with Gasteiger partial charge < -0.3 is 9.88 Å². The number of fused-ring (bicyclic) bond motifs is 1. The van der Waals surface area contributed by atoms with Crippen molar-refractivity contribution in [2.45, 2.75) is 25.7 Å². The Hall–Kier alpha value is -3.12. The number of aryl methyl sites for hydroxylation is 2. The third-order valence-electron chi connectivity index (χ3n) is 5.32. The lowest BCUT2D eigenvalue weighted by Gasteiger charge is -2.14. The molecule has 0 aliphatic heterocycles. The molecule has 1 fully saturated rings. The van der Waals surface area contributed by atoms with Crippen molar-refractivity contribution in [3.63, 3.8) is 0 Å².